The fourth-order valence-corrected chi connectivity index (χ4v) is 2.24. The van der Waals surface area contributed by atoms with E-state index in [2.05, 4.69) is 10.1 Å². The molecule has 2 unspecified atom stereocenters. The van der Waals surface area contributed by atoms with E-state index in [4.69, 9.17) is 4.74 Å². The van der Waals surface area contributed by atoms with E-state index in [-0.39, 0.29) is 11.9 Å². The monoisotopic (exact) mass is 305 g/mol. The van der Waals surface area contributed by atoms with Crippen LogP contribution in [0.1, 0.15) is 18.9 Å². The lowest BCUT2D eigenvalue weighted by molar-refractivity contribution is -0.274. The van der Waals surface area contributed by atoms with E-state index in [9.17, 15) is 18.3 Å². The summed E-state index contributed by atoms with van der Waals surface area (Å²) in [6.45, 7) is 3.16. The minimum atomic E-state index is -4.68. The van der Waals surface area contributed by atoms with Crippen molar-refractivity contribution in [3.05, 3.63) is 29.8 Å². The lowest BCUT2D eigenvalue weighted by Crippen LogP contribution is -2.45. The van der Waals surface area contributed by atoms with Gasteiger partial charge in [-0.05, 0) is 24.6 Å². The van der Waals surface area contributed by atoms with Crippen LogP contribution < -0.4 is 10.1 Å². The van der Waals surface area contributed by atoms with Gasteiger partial charge >= 0.3 is 6.36 Å². The van der Waals surface area contributed by atoms with Gasteiger partial charge in [-0.3, -0.25) is 0 Å². The maximum Gasteiger partial charge on any atom is 0.573 e. The van der Waals surface area contributed by atoms with Crippen LogP contribution in [0.15, 0.2) is 24.3 Å². The number of ether oxygens (including phenoxy) is 2. The average Bonchev–Trinajstić information content (AvgIpc) is 2.70. The zero-order chi connectivity index (χ0) is 15.5. The summed E-state index contributed by atoms with van der Waals surface area (Å²) in [5, 5.41) is 13.4. The maximum absolute atomic E-state index is 12.0. The summed E-state index contributed by atoms with van der Waals surface area (Å²) in [6.07, 6.45) is -4.34. The Hall–Kier alpha value is -1.31. The average molecular weight is 305 g/mol. The number of rotatable bonds is 5. The van der Waals surface area contributed by atoms with Gasteiger partial charge in [-0.25, -0.2) is 0 Å². The highest BCUT2D eigenvalue weighted by Crippen LogP contribution is 2.25. The lowest BCUT2D eigenvalue weighted by Gasteiger charge is -2.26. The summed E-state index contributed by atoms with van der Waals surface area (Å²) >= 11 is 0. The summed E-state index contributed by atoms with van der Waals surface area (Å²) < 4.78 is 45.2. The largest absolute Gasteiger partial charge is 0.573 e. The molecule has 0 radical (unpaired) electrons. The second-order valence-corrected chi connectivity index (χ2v) is 5.16. The van der Waals surface area contributed by atoms with Gasteiger partial charge < -0.3 is 19.9 Å². The highest BCUT2D eigenvalue weighted by Gasteiger charge is 2.38. The third-order valence-electron chi connectivity index (χ3n) is 3.58. The predicted molar refractivity (Wildman–Crippen MR) is 69.8 cm³/mol. The van der Waals surface area contributed by atoms with Crippen LogP contribution in [0.5, 0.6) is 5.75 Å². The Labute approximate surface area is 120 Å². The van der Waals surface area contributed by atoms with Crippen molar-refractivity contribution in [3.63, 3.8) is 0 Å². The molecule has 1 fully saturated rings. The molecule has 1 aromatic rings. The molecule has 118 valence electrons. The molecule has 2 atom stereocenters. The zero-order valence-corrected chi connectivity index (χ0v) is 11.6. The fourth-order valence-electron chi connectivity index (χ4n) is 2.24. The van der Waals surface area contributed by atoms with Crippen molar-refractivity contribution in [3.8, 4) is 5.75 Å². The quantitative estimate of drug-likeness (QED) is 0.876. The highest BCUT2D eigenvalue weighted by atomic mass is 19.4. The highest BCUT2D eigenvalue weighted by molar-refractivity contribution is 5.27. The zero-order valence-electron chi connectivity index (χ0n) is 11.6. The number of hydrogen-bond acceptors (Lipinski definition) is 4. The third kappa shape index (κ3) is 4.59. The second-order valence-electron chi connectivity index (χ2n) is 5.16. The van der Waals surface area contributed by atoms with E-state index in [0.717, 1.165) is 5.56 Å². The van der Waals surface area contributed by atoms with Crippen molar-refractivity contribution in [2.24, 2.45) is 0 Å². The molecule has 0 bridgehead atoms. The molecule has 1 aliphatic rings. The lowest BCUT2D eigenvalue weighted by atomic mass is 9.96. The van der Waals surface area contributed by atoms with Gasteiger partial charge in [0.1, 0.15) is 11.4 Å². The Bertz CT molecular complexity index is 464. The van der Waals surface area contributed by atoms with Crippen LogP contribution in [-0.2, 0) is 11.3 Å². The molecule has 1 aromatic carbocycles. The Morgan fingerprint density at radius 3 is 2.57 bits per heavy atom. The molecule has 1 aliphatic heterocycles. The molecule has 1 saturated heterocycles. The SMILES string of the molecule is CC1OCCC1(O)CNCc1ccc(OC(F)(F)F)cc1. The van der Waals surface area contributed by atoms with Crippen LogP contribution in [0.2, 0.25) is 0 Å². The smallest absolute Gasteiger partial charge is 0.406 e. The molecular weight excluding hydrogens is 287 g/mol. The van der Waals surface area contributed by atoms with Gasteiger partial charge in [0.25, 0.3) is 0 Å². The maximum atomic E-state index is 12.0. The first-order chi connectivity index (χ1) is 9.78. The van der Waals surface area contributed by atoms with Crippen molar-refractivity contribution in [1.29, 1.82) is 0 Å². The van der Waals surface area contributed by atoms with Crippen molar-refractivity contribution in [1.82, 2.24) is 5.32 Å². The summed E-state index contributed by atoms with van der Waals surface area (Å²) in [5.41, 5.74) is -0.0843. The molecule has 0 aliphatic carbocycles. The first kappa shape index (κ1) is 16.1. The van der Waals surface area contributed by atoms with Gasteiger partial charge in [0.2, 0.25) is 0 Å². The van der Waals surface area contributed by atoms with Gasteiger partial charge in [-0.2, -0.15) is 0 Å². The van der Waals surface area contributed by atoms with E-state index in [1.165, 1.54) is 12.1 Å². The first-order valence-electron chi connectivity index (χ1n) is 6.68. The number of alkyl halides is 3. The van der Waals surface area contributed by atoms with E-state index < -0.39 is 12.0 Å². The van der Waals surface area contributed by atoms with Crippen molar-refractivity contribution < 1.29 is 27.8 Å². The summed E-state index contributed by atoms with van der Waals surface area (Å²) in [5.74, 6) is -0.248. The minimum Gasteiger partial charge on any atom is -0.406 e. The van der Waals surface area contributed by atoms with Crippen LogP contribution in [0, 0.1) is 0 Å². The van der Waals surface area contributed by atoms with E-state index in [0.29, 0.717) is 26.1 Å². The second kappa shape index (κ2) is 6.21. The van der Waals surface area contributed by atoms with Crippen molar-refractivity contribution in [2.75, 3.05) is 13.2 Å². The van der Waals surface area contributed by atoms with Crippen molar-refractivity contribution >= 4 is 0 Å². The molecule has 1 heterocycles. The minimum absolute atomic E-state index is 0.229. The van der Waals surface area contributed by atoms with Gasteiger partial charge in [0, 0.05) is 26.1 Å². The Kier molecular flexibility index (Phi) is 4.75. The van der Waals surface area contributed by atoms with Crippen LogP contribution in [0.4, 0.5) is 13.2 Å². The van der Waals surface area contributed by atoms with Gasteiger partial charge in [-0.1, -0.05) is 12.1 Å². The van der Waals surface area contributed by atoms with Crippen LogP contribution >= 0.6 is 0 Å². The summed E-state index contributed by atoms with van der Waals surface area (Å²) in [7, 11) is 0. The number of nitrogens with one attached hydrogen (secondary N) is 1. The predicted octanol–water partition coefficient (Wildman–Crippen LogP) is 2.21. The van der Waals surface area contributed by atoms with Gasteiger partial charge in [-0.15, -0.1) is 13.2 Å². The van der Waals surface area contributed by atoms with E-state index in [1.807, 2.05) is 6.92 Å². The molecule has 0 spiro atoms. The molecule has 4 nitrogen and oxygen atoms in total. The number of hydrogen-bond donors (Lipinski definition) is 2. The molecule has 2 rings (SSSR count). The van der Waals surface area contributed by atoms with Crippen LogP contribution in [0.3, 0.4) is 0 Å². The molecule has 2 N–H and O–H groups in total. The molecule has 0 amide bonds. The number of benzene rings is 1. The standard InChI is InChI=1S/C14H18F3NO3/c1-10-13(19,6-7-20-10)9-18-8-11-2-4-12(5-3-11)21-14(15,16)17/h2-5,10,18-19H,6-9H2,1H3. The van der Waals surface area contributed by atoms with Gasteiger partial charge in [0.15, 0.2) is 0 Å². The molecule has 0 saturated carbocycles. The molecule has 7 heteroatoms. The number of halogens is 3. The van der Waals surface area contributed by atoms with Crippen LogP contribution in [0.25, 0.3) is 0 Å². The van der Waals surface area contributed by atoms with Crippen molar-refractivity contribution in [2.45, 2.75) is 38.0 Å². The molecular formula is C14H18F3NO3. The third-order valence-corrected chi connectivity index (χ3v) is 3.58. The topological polar surface area (TPSA) is 50.7 Å². The molecule has 21 heavy (non-hydrogen) atoms. The first-order valence-corrected chi connectivity index (χ1v) is 6.68. The van der Waals surface area contributed by atoms with Crippen LogP contribution in [-0.4, -0.2) is 36.3 Å². The normalized spacial score (nSPS) is 26.0. The fraction of sp³-hybridized carbons (Fsp3) is 0.571. The molecule has 0 aromatic heterocycles. The Balaban J connectivity index is 1.81. The summed E-state index contributed by atoms with van der Waals surface area (Å²) in [4.78, 5) is 0. The van der Waals surface area contributed by atoms with Gasteiger partial charge in [0.05, 0.1) is 6.10 Å². The van der Waals surface area contributed by atoms with E-state index >= 15 is 0 Å². The van der Waals surface area contributed by atoms with E-state index in [1.54, 1.807) is 12.1 Å². The number of aliphatic hydroxyl groups is 1. The summed E-state index contributed by atoms with van der Waals surface area (Å²) in [6, 6.07) is 5.63. The Morgan fingerprint density at radius 1 is 1.38 bits per heavy atom. The Morgan fingerprint density at radius 2 is 2.05 bits per heavy atom.